The average Bonchev–Trinajstić information content (AvgIpc) is 2.18. The maximum Gasteiger partial charge on any atom is 0.0181 e. The van der Waals surface area contributed by atoms with Gasteiger partial charge in [-0.1, -0.05) is 33.1 Å². The summed E-state index contributed by atoms with van der Waals surface area (Å²) in [7, 11) is 4.41. The maximum absolute atomic E-state index is 5.92. The third kappa shape index (κ3) is 3.18. The molecule has 1 saturated carbocycles. The molecule has 1 rings (SSSR count). The van der Waals surface area contributed by atoms with Crippen LogP contribution < -0.4 is 5.73 Å². The zero-order chi connectivity index (χ0) is 11.5. The van der Waals surface area contributed by atoms with E-state index in [9.17, 15) is 0 Å². The van der Waals surface area contributed by atoms with E-state index < -0.39 is 0 Å². The minimum absolute atomic E-state index is 0.242. The highest BCUT2D eigenvalue weighted by molar-refractivity contribution is 4.91. The Bertz CT molecular complexity index is 181. The second-order valence-corrected chi connectivity index (χ2v) is 6.00. The van der Waals surface area contributed by atoms with Crippen molar-refractivity contribution in [2.75, 3.05) is 20.6 Å². The molecule has 1 atom stereocenters. The third-order valence-corrected chi connectivity index (χ3v) is 3.98. The number of nitrogens with two attached hydrogens (primary N) is 1. The molecule has 2 nitrogen and oxygen atoms in total. The van der Waals surface area contributed by atoms with E-state index in [1.165, 1.54) is 32.1 Å². The lowest BCUT2D eigenvalue weighted by atomic mass is 9.71. The van der Waals surface area contributed by atoms with Crippen molar-refractivity contribution in [3.63, 3.8) is 0 Å². The van der Waals surface area contributed by atoms with E-state index in [4.69, 9.17) is 5.73 Å². The van der Waals surface area contributed by atoms with E-state index >= 15 is 0 Å². The zero-order valence-electron chi connectivity index (χ0n) is 10.9. The van der Waals surface area contributed by atoms with Gasteiger partial charge in [-0.25, -0.2) is 0 Å². The summed E-state index contributed by atoms with van der Waals surface area (Å²) >= 11 is 0. The highest BCUT2D eigenvalue weighted by atomic mass is 15.1. The fraction of sp³-hybridized carbons (Fsp3) is 1.00. The van der Waals surface area contributed by atoms with Crippen molar-refractivity contribution in [3.8, 4) is 0 Å². The van der Waals surface area contributed by atoms with Gasteiger partial charge in [0.05, 0.1) is 0 Å². The van der Waals surface area contributed by atoms with Crippen molar-refractivity contribution < 1.29 is 0 Å². The topological polar surface area (TPSA) is 29.3 Å². The highest BCUT2D eigenvalue weighted by Gasteiger charge is 2.36. The number of nitrogens with zero attached hydrogens (tertiary/aromatic N) is 1. The van der Waals surface area contributed by atoms with E-state index in [0.717, 1.165) is 12.5 Å². The summed E-state index contributed by atoms with van der Waals surface area (Å²) in [6, 6.07) is 0.641. The van der Waals surface area contributed by atoms with E-state index in [-0.39, 0.29) is 5.41 Å². The largest absolute Gasteiger partial charge is 0.330 e. The second kappa shape index (κ2) is 5.31. The quantitative estimate of drug-likeness (QED) is 0.776. The predicted octanol–water partition coefficient (Wildman–Crippen LogP) is 2.48. The van der Waals surface area contributed by atoms with Crippen LogP contribution in [0.5, 0.6) is 0 Å². The van der Waals surface area contributed by atoms with Crippen LogP contribution in [0, 0.1) is 11.3 Å². The number of rotatable bonds is 4. The summed E-state index contributed by atoms with van der Waals surface area (Å²) in [5.74, 6) is 0.854. The first-order valence-corrected chi connectivity index (χ1v) is 6.35. The Morgan fingerprint density at radius 1 is 1.20 bits per heavy atom. The Morgan fingerprint density at radius 2 is 1.73 bits per heavy atom. The van der Waals surface area contributed by atoms with Crippen LogP contribution in [0.4, 0.5) is 0 Å². The average molecular weight is 212 g/mol. The summed E-state index contributed by atoms with van der Waals surface area (Å²) in [4.78, 5) is 2.39. The van der Waals surface area contributed by atoms with Crippen LogP contribution >= 0.6 is 0 Å². The summed E-state index contributed by atoms with van der Waals surface area (Å²) in [6.45, 7) is 5.41. The van der Waals surface area contributed by atoms with Crippen molar-refractivity contribution in [1.82, 2.24) is 4.90 Å². The molecule has 0 aromatic heterocycles. The molecule has 0 bridgehead atoms. The third-order valence-electron chi connectivity index (χ3n) is 3.98. The van der Waals surface area contributed by atoms with Crippen molar-refractivity contribution in [1.29, 1.82) is 0 Å². The fourth-order valence-electron chi connectivity index (χ4n) is 3.33. The molecule has 0 aromatic carbocycles. The molecule has 1 aliphatic carbocycles. The molecule has 0 aromatic rings. The fourth-order valence-corrected chi connectivity index (χ4v) is 3.33. The summed E-state index contributed by atoms with van der Waals surface area (Å²) < 4.78 is 0. The molecule has 1 unspecified atom stereocenters. The molecule has 0 spiro atoms. The molecule has 2 heteroatoms. The van der Waals surface area contributed by atoms with E-state index in [2.05, 4.69) is 32.8 Å². The summed E-state index contributed by atoms with van der Waals surface area (Å²) in [5, 5.41) is 0. The first-order chi connectivity index (χ1) is 6.99. The van der Waals surface area contributed by atoms with Gasteiger partial charge in [0.1, 0.15) is 0 Å². The molecule has 0 heterocycles. The normalized spacial score (nSPS) is 22.0. The van der Waals surface area contributed by atoms with E-state index in [1.807, 2.05) is 0 Å². The van der Waals surface area contributed by atoms with E-state index in [0.29, 0.717) is 6.04 Å². The van der Waals surface area contributed by atoms with Crippen molar-refractivity contribution in [2.45, 2.75) is 52.0 Å². The van der Waals surface area contributed by atoms with Gasteiger partial charge in [-0.3, -0.25) is 0 Å². The molecule has 90 valence electrons. The molecule has 0 amide bonds. The molecular formula is C13H28N2. The lowest BCUT2D eigenvalue weighted by molar-refractivity contribution is 0.0660. The van der Waals surface area contributed by atoms with Gasteiger partial charge in [-0.15, -0.1) is 0 Å². The van der Waals surface area contributed by atoms with Gasteiger partial charge in [0.15, 0.2) is 0 Å². The Hall–Kier alpha value is -0.0800. The van der Waals surface area contributed by atoms with Gasteiger partial charge < -0.3 is 10.6 Å². The van der Waals surface area contributed by atoms with Crippen LogP contribution in [0.1, 0.15) is 46.0 Å². The number of hydrogen-bond donors (Lipinski definition) is 1. The van der Waals surface area contributed by atoms with Gasteiger partial charge in [0.25, 0.3) is 0 Å². The van der Waals surface area contributed by atoms with Gasteiger partial charge >= 0.3 is 0 Å². The molecule has 1 fully saturated rings. The van der Waals surface area contributed by atoms with Gasteiger partial charge in [0, 0.05) is 6.04 Å². The molecule has 0 saturated heterocycles. The predicted molar refractivity (Wildman–Crippen MR) is 66.9 cm³/mol. The monoisotopic (exact) mass is 212 g/mol. The van der Waals surface area contributed by atoms with E-state index in [1.54, 1.807) is 0 Å². The van der Waals surface area contributed by atoms with Crippen LogP contribution in [0.3, 0.4) is 0 Å². The van der Waals surface area contributed by atoms with Crippen molar-refractivity contribution in [2.24, 2.45) is 17.1 Å². The molecule has 0 radical (unpaired) electrons. The number of hydrogen-bond acceptors (Lipinski definition) is 2. The summed E-state index contributed by atoms with van der Waals surface area (Å²) in [5.41, 5.74) is 6.17. The van der Waals surface area contributed by atoms with Gasteiger partial charge in [0.2, 0.25) is 0 Å². The summed E-state index contributed by atoms with van der Waals surface area (Å²) in [6.07, 6.45) is 7.05. The van der Waals surface area contributed by atoms with Gasteiger partial charge in [-0.05, 0) is 44.8 Å². The van der Waals surface area contributed by atoms with Crippen LogP contribution in [-0.2, 0) is 0 Å². The van der Waals surface area contributed by atoms with Crippen LogP contribution in [0.25, 0.3) is 0 Å². The Labute approximate surface area is 95.2 Å². The zero-order valence-corrected chi connectivity index (χ0v) is 10.9. The van der Waals surface area contributed by atoms with Crippen LogP contribution in [0.2, 0.25) is 0 Å². The maximum atomic E-state index is 5.92. The van der Waals surface area contributed by atoms with Crippen molar-refractivity contribution in [3.05, 3.63) is 0 Å². The van der Waals surface area contributed by atoms with Crippen LogP contribution in [0.15, 0.2) is 0 Å². The van der Waals surface area contributed by atoms with Gasteiger partial charge in [-0.2, -0.15) is 0 Å². The standard InChI is InChI=1S/C13H28N2/c1-13(2,10-14)12(15(3)4)11-8-6-5-7-9-11/h11-12H,5-10,14H2,1-4H3. The lowest BCUT2D eigenvalue weighted by Crippen LogP contribution is -2.50. The Balaban J connectivity index is 2.72. The molecule has 2 N–H and O–H groups in total. The molecule has 0 aliphatic heterocycles. The second-order valence-electron chi connectivity index (χ2n) is 6.00. The Kier molecular flexibility index (Phi) is 4.60. The Morgan fingerprint density at radius 3 is 2.13 bits per heavy atom. The first kappa shape index (κ1) is 13.0. The highest BCUT2D eigenvalue weighted by Crippen LogP contribution is 2.36. The smallest absolute Gasteiger partial charge is 0.0181 e. The first-order valence-electron chi connectivity index (χ1n) is 6.35. The van der Waals surface area contributed by atoms with Crippen LogP contribution in [-0.4, -0.2) is 31.6 Å². The minimum Gasteiger partial charge on any atom is -0.330 e. The minimum atomic E-state index is 0.242. The SMILES string of the molecule is CN(C)C(C1CCCCC1)C(C)(C)CN. The van der Waals surface area contributed by atoms with Crippen molar-refractivity contribution >= 4 is 0 Å². The molecular weight excluding hydrogens is 184 g/mol. The lowest BCUT2D eigenvalue weighted by Gasteiger charge is -2.44. The molecule has 15 heavy (non-hydrogen) atoms. The molecule has 1 aliphatic rings.